The normalized spacial score (nSPS) is 11.4. The second-order valence-electron chi connectivity index (χ2n) is 5.29. The highest BCUT2D eigenvalue weighted by molar-refractivity contribution is 4.94. The maximum absolute atomic E-state index is 5.21. The van der Waals surface area contributed by atoms with E-state index < -0.39 is 0 Å². The van der Waals surface area contributed by atoms with Gasteiger partial charge in [0.1, 0.15) is 6.54 Å². The van der Waals surface area contributed by atoms with Gasteiger partial charge >= 0.3 is 0 Å². The van der Waals surface area contributed by atoms with Crippen LogP contribution in [0.4, 0.5) is 0 Å². The zero-order valence-electron chi connectivity index (χ0n) is 12.3. The Morgan fingerprint density at radius 1 is 1.40 bits per heavy atom. The van der Waals surface area contributed by atoms with Crippen LogP contribution in [-0.2, 0) is 19.5 Å². The Labute approximate surface area is 118 Å². The molecule has 1 N–H and O–H groups in total. The van der Waals surface area contributed by atoms with Gasteiger partial charge in [-0.15, -0.1) is 5.10 Å². The topological polar surface area (TPSA) is 81.7 Å². The van der Waals surface area contributed by atoms with E-state index in [2.05, 4.69) is 46.5 Å². The largest absolute Gasteiger partial charge is 0.337 e. The third-order valence-electron chi connectivity index (χ3n) is 2.72. The molecule has 0 saturated carbocycles. The lowest BCUT2D eigenvalue weighted by atomic mass is 10.1. The standard InChI is InChI=1S/C13H22N6O/c1-4-5-14-7-11-8-19(18-16-11)9-13-15-12(17-20-13)6-10(2)3/h8,10,14H,4-7,9H2,1-3H3. The molecule has 2 aromatic rings. The van der Waals surface area contributed by atoms with Crippen molar-refractivity contribution in [3.8, 4) is 0 Å². The SMILES string of the molecule is CCCNCc1cn(Cc2nc(CC(C)C)no2)nn1. The van der Waals surface area contributed by atoms with Crippen LogP contribution < -0.4 is 5.32 Å². The van der Waals surface area contributed by atoms with E-state index in [-0.39, 0.29) is 0 Å². The van der Waals surface area contributed by atoms with E-state index in [0.717, 1.165) is 37.4 Å². The lowest BCUT2D eigenvalue weighted by Gasteiger charge is -1.97. The summed E-state index contributed by atoms with van der Waals surface area (Å²) < 4.78 is 6.93. The summed E-state index contributed by atoms with van der Waals surface area (Å²) in [5.41, 5.74) is 0.917. The molecule has 0 unspecified atom stereocenters. The Morgan fingerprint density at radius 2 is 2.25 bits per heavy atom. The molecule has 110 valence electrons. The summed E-state index contributed by atoms with van der Waals surface area (Å²) in [7, 11) is 0. The van der Waals surface area contributed by atoms with Gasteiger partial charge in [0.25, 0.3) is 0 Å². The molecule has 0 saturated heterocycles. The van der Waals surface area contributed by atoms with Gasteiger partial charge < -0.3 is 9.84 Å². The average molecular weight is 278 g/mol. The van der Waals surface area contributed by atoms with E-state index >= 15 is 0 Å². The fourth-order valence-electron chi connectivity index (χ4n) is 1.83. The summed E-state index contributed by atoms with van der Waals surface area (Å²) in [6, 6.07) is 0. The van der Waals surface area contributed by atoms with Crippen molar-refractivity contribution in [2.24, 2.45) is 5.92 Å². The van der Waals surface area contributed by atoms with Gasteiger partial charge in [-0.1, -0.05) is 31.1 Å². The van der Waals surface area contributed by atoms with Gasteiger partial charge in [0, 0.05) is 13.0 Å². The fraction of sp³-hybridized carbons (Fsp3) is 0.692. The molecular formula is C13H22N6O. The van der Waals surface area contributed by atoms with Crippen LogP contribution in [0.3, 0.4) is 0 Å². The smallest absolute Gasteiger partial charge is 0.248 e. The molecular weight excluding hydrogens is 256 g/mol. The molecule has 20 heavy (non-hydrogen) atoms. The van der Waals surface area contributed by atoms with Gasteiger partial charge in [0.05, 0.1) is 11.9 Å². The first kappa shape index (κ1) is 14.6. The molecule has 0 radical (unpaired) electrons. The third-order valence-corrected chi connectivity index (χ3v) is 2.72. The molecule has 0 amide bonds. The van der Waals surface area contributed by atoms with Crippen LogP contribution in [0, 0.1) is 5.92 Å². The molecule has 0 aliphatic carbocycles. The molecule has 0 bridgehead atoms. The predicted octanol–water partition coefficient (Wildman–Crippen LogP) is 1.41. The molecule has 0 atom stereocenters. The first-order valence-electron chi connectivity index (χ1n) is 7.08. The molecule has 0 aliphatic heterocycles. The fourth-order valence-corrected chi connectivity index (χ4v) is 1.83. The number of hydrogen-bond donors (Lipinski definition) is 1. The lowest BCUT2D eigenvalue weighted by Crippen LogP contribution is -2.13. The Hall–Kier alpha value is -1.76. The Kier molecular flexibility index (Phi) is 5.23. The van der Waals surface area contributed by atoms with Crippen LogP contribution in [0.1, 0.15) is 44.6 Å². The second kappa shape index (κ2) is 7.14. The number of nitrogens with one attached hydrogen (secondary N) is 1. The molecule has 0 aromatic carbocycles. The zero-order chi connectivity index (χ0) is 14.4. The Balaban J connectivity index is 1.88. The van der Waals surface area contributed by atoms with E-state index in [1.54, 1.807) is 4.68 Å². The molecule has 2 heterocycles. The van der Waals surface area contributed by atoms with E-state index in [9.17, 15) is 0 Å². The number of aromatic nitrogens is 5. The Bertz CT molecular complexity index is 518. The monoisotopic (exact) mass is 278 g/mol. The average Bonchev–Trinajstić information content (AvgIpc) is 3.00. The number of nitrogens with zero attached hydrogens (tertiary/aromatic N) is 5. The highest BCUT2D eigenvalue weighted by Gasteiger charge is 2.09. The number of hydrogen-bond acceptors (Lipinski definition) is 6. The molecule has 2 rings (SSSR count). The minimum atomic E-state index is 0.464. The van der Waals surface area contributed by atoms with Crippen LogP contribution in [0.2, 0.25) is 0 Å². The van der Waals surface area contributed by atoms with Gasteiger partial charge in [-0.3, -0.25) is 0 Å². The summed E-state index contributed by atoms with van der Waals surface area (Å²) in [4.78, 5) is 4.35. The highest BCUT2D eigenvalue weighted by atomic mass is 16.5. The summed E-state index contributed by atoms with van der Waals surface area (Å²) in [5.74, 6) is 1.83. The molecule has 7 heteroatoms. The van der Waals surface area contributed by atoms with Crippen LogP contribution in [-0.4, -0.2) is 31.7 Å². The minimum absolute atomic E-state index is 0.464. The Morgan fingerprint density at radius 3 is 3.00 bits per heavy atom. The van der Waals surface area contributed by atoms with E-state index in [4.69, 9.17) is 4.52 Å². The first-order chi connectivity index (χ1) is 9.67. The maximum Gasteiger partial charge on any atom is 0.248 e. The summed E-state index contributed by atoms with van der Waals surface area (Å²) in [6.45, 7) is 8.57. The molecule has 7 nitrogen and oxygen atoms in total. The summed E-state index contributed by atoms with van der Waals surface area (Å²) in [5, 5.41) is 15.4. The van der Waals surface area contributed by atoms with Crippen molar-refractivity contribution in [1.29, 1.82) is 0 Å². The highest BCUT2D eigenvalue weighted by Crippen LogP contribution is 2.06. The third kappa shape index (κ3) is 4.41. The van der Waals surface area contributed by atoms with Crippen molar-refractivity contribution in [3.05, 3.63) is 23.6 Å². The molecule has 2 aromatic heterocycles. The van der Waals surface area contributed by atoms with Crippen molar-refractivity contribution in [1.82, 2.24) is 30.5 Å². The first-order valence-corrected chi connectivity index (χ1v) is 7.08. The van der Waals surface area contributed by atoms with Gasteiger partial charge in [-0.25, -0.2) is 4.68 Å². The molecule has 0 aliphatic rings. The van der Waals surface area contributed by atoms with Crippen LogP contribution in [0.5, 0.6) is 0 Å². The second-order valence-corrected chi connectivity index (χ2v) is 5.29. The van der Waals surface area contributed by atoms with Crippen molar-refractivity contribution < 1.29 is 4.52 Å². The zero-order valence-corrected chi connectivity index (χ0v) is 12.3. The van der Waals surface area contributed by atoms with Crippen molar-refractivity contribution >= 4 is 0 Å². The molecule has 0 fully saturated rings. The van der Waals surface area contributed by atoms with Crippen molar-refractivity contribution in [3.63, 3.8) is 0 Å². The van der Waals surface area contributed by atoms with Crippen LogP contribution >= 0.6 is 0 Å². The lowest BCUT2D eigenvalue weighted by molar-refractivity contribution is 0.358. The van der Waals surface area contributed by atoms with Crippen LogP contribution in [0.15, 0.2) is 10.7 Å². The summed E-state index contributed by atoms with van der Waals surface area (Å²) >= 11 is 0. The quantitative estimate of drug-likeness (QED) is 0.735. The maximum atomic E-state index is 5.21. The molecule has 0 spiro atoms. The van der Waals surface area contributed by atoms with Crippen LogP contribution in [0.25, 0.3) is 0 Å². The predicted molar refractivity (Wildman–Crippen MR) is 74.0 cm³/mol. The minimum Gasteiger partial charge on any atom is -0.337 e. The van der Waals surface area contributed by atoms with E-state index in [0.29, 0.717) is 18.4 Å². The van der Waals surface area contributed by atoms with Gasteiger partial charge in [-0.05, 0) is 18.9 Å². The number of rotatable bonds is 8. The van der Waals surface area contributed by atoms with Crippen molar-refractivity contribution in [2.45, 2.75) is 46.7 Å². The van der Waals surface area contributed by atoms with E-state index in [1.165, 1.54) is 0 Å². The van der Waals surface area contributed by atoms with Gasteiger partial charge in [0.2, 0.25) is 5.89 Å². The summed E-state index contributed by atoms with van der Waals surface area (Å²) in [6.07, 6.45) is 3.83. The van der Waals surface area contributed by atoms with Crippen molar-refractivity contribution in [2.75, 3.05) is 6.54 Å². The van der Waals surface area contributed by atoms with Gasteiger partial charge in [0.15, 0.2) is 5.82 Å². The van der Waals surface area contributed by atoms with Gasteiger partial charge in [-0.2, -0.15) is 4.98 Å². The van der Waals surface area contributed by atoms with E-state index in [1.807, 2.05) is 6.20 Å².